The molecule has 0 atom stereocenters. The second-order valence-electron chi connectivity index (χ2n) is 7.47. The van der Waals surface area contributed by atoms with E-state index in [2.05, 4.69) is 37.1 Å². The second kappa shape index (κ2) is 5.92. The van der Waals surface area contributed by atoms with Crippen molar-refractivity contribution in [2.75, 3.05) is 13.1 Å². The summed E-state index contributed by atoms with van der Waals surface area (Å²) in [5, 5.41) is 2.81. The molecule has 0 aromatic heterocycles. The fourth-order valence-corrected chi connectivity index (χ4v) is 3.13. The lowest BCUT2D eigenvalue weighted by Gasteiger charge is -2.43. The number of nitrogens with zero attached hydrogens (tertiary/aromatic N) is 1. The van der Waals surface area contributed by atoms with Gasteiger partial charge in [-0.2, -0.15) is 0 Å². The van der Waals surface area contributed by atoms with Crippen LogP contribution in [0.1, 0.15) is 52.7 Å². The van der Waals surface area contributed by atoms with E-state index >= 15 is 0 Å². The van der Waals surface area contributed by atoms with E-state index in [1.165, 1.54) is 11.1 Å². The van der Waals surface area contributed by atoms with Gasteiger partial charge in [0, 0.05) is 17.6 Å². The van der Waals surface area contributed by atoms with Gasteiger partial charge in [0.15, 0.2) is 0 Å². The summed E-state index contributed by atoms with van der Waals surface area (Å²) in [7, 11) is 0. The topological polar surface area (TPSA) is 41.6 Å². The molecular weight excluding hydrogens is 276 g/mol. The summed E-state index contributed by atoms with van der Waals surface area (Å²) in [6.07, 6.45) is 0.586. The van der Waals surface area contributed by atoms with E-state index in [9.17, 15) is 4.79 Å². The zero-order valence-electron chi connectivity index (χ0n) is 14.6. The Bertz CT molecular complexity index is 559. The summed E-state index contributed by atoms with van der Waals surface area (Å²) < 4.78 is 5.41. The van der Waals surface area contributed by atoms with E-state index in [-0.39, 0.29) is 11.1 Å². The van der Waals surface area contributed by atoms with Crippen molar-refractivity contribution < 1.29 is 9.53 Å². The quantitative estimate of drug-likeness (QED) is 0.906. The largest absolute Gasteiger partial charge is 0.413 e. The van der Waals surface area contributed by atoms with Crippen molar-refractivity contribution in [3.63, 3.8) is 0 Å². The van der Waals surface area contributed by atoms with E-state index in [1.807, 2.05) is 32.9 Å². The zero-order valence-corrected chi connectivity index (χ0v) is 14.6. The number of hydrogen-bond donors (Lipinski definition) is 1. The Morgan fingerprint density at radius 3 is 2.64 bits per heavy atom. The molecule has 1 heterocycles. The van der Waals surface area contributed by atoms with E-state index < -0.39 is 6.09 Å². The Hall–Kier alpha value is -1.55. The number of carbonyl (C=O) groups excluding carboxylic acids is 1. The first kappa shape index (κ1) is 16.8. The first-order valence-corrected chi connectivity index (χ1v) is 8.02. The van der Waals surface area contributed by atoms with Crippen molar-refractivity contribution in [1.29, 1.82) is 0 Å². The molecule has 4 nitrogen and oxygen atoms in total. The number of likely N-dealkylation sites (N-methyl/N-ethyl adjacent to an activating group) is 1. The van der Waals surface area contributed by atoms with Crippen molar-refractivity contribution in [1.82, 2.24) is 10.2 Å². The second-order valence-corrected chi connectivity index (χ2v) is 7.47. The fourth-order valence-electron chi connectivity index (χ4n) is 3.13. The standard InChI is InChI=1S/C18H28N2O2/c1-7-20-11-10-13-12-14(8-9-15(13)18(20,5)6)22-16(21)19-17(2,3)4/h8-9,12H,7,10-11H2,1-6H3,(H,19,21). The number of benzene rings is 1. The van der Waals surface area contributed by atoms with E-state index in [0.29, 0.717) is 5.75 Å². The maximum absolute atomic E-state index is 11.9. The van der Waals surface area contributed by atoms with Crippen LogP contribution in [0.3, 0.4) is 0 Å². The molecule has 0 saturated carbocycles. The van der Waals surface area contributed by atoms with E-state index in [4.69, 9.17) is 4.74 Å². The van der Waals surface area contributed by atoms with Gasteiger partial charge in [-0.25, -0.2) is 4.79 Å². The average Bonchev–Trinajstić information content (AvgIpc) is 2.36. The van der Waals surface area contributed by atoms with Gasteiger partial charge in [0.1, 0.15) is 5.75 Å². The number of carbonyl (C=O) groups is 1. The van der Waals surface area contributed by atoms with Gasteiger partial charge in [0.05, 0.1) is 0 Å². The Labute approximate surface area is 133 Å². The number of nitrogens with one attached hydrogen (secondary N) is 1. The summed E-state index contributed by atoms with van der Waals surface area (Å²) >= 11 is 0. The molecule has 1 aliphatic heterocycles. The minimum absolute atomic E-state index is 0.0224. The lowest BCUT2D eigenvalue weighted by atomic mass is 9.83. The maximum atomic E-state index is 11.9. The molecule has 1 amide bonds. The summed E-state index contributed by atoms with van der Waals surface area (Å²) in [4.78, 5) is 14.4. The molecule has 0 aliphatic carbocycles. The number of ether oxygens (including phenoxy) is 1. The molecule has 0 bridgehead atoms. The van der Waals surface area contributed by atoms with Crippen LogP contribution < -0.4 is 10.1 Å². The van der Waals surface area contributed by atoms with Gasteiger partial charge in [-0.05, 0) is 70.8 Å². The number of hydrogen-bond acceptors (Lipinski definition) is 3. The molecule has 1 aromatic carbocycles. The van der Waals surface area contributed by atoms with Crippen molar-refractivity contribution in [2.45, 2.75) is 59.0 Å². The van der Waals surface area contributed by atoms with Gasteiger partial charge >= 0.3 is 6.09 Å². The van der Waals surface area contributed by atoms with Gasteiger partial charge in [0.2, 0.25) is 0 Å². The molecule has 2 rings (SSSR count). The molecule has 22 heavy (non-hydrogen) atoms. The normalized spacial score (nSPS) is 17.7. The molecule has 122 valence electrons. The summed E-state index contributed by atoms with van der Waals surface area (Å²) in [5.41, 5.74) is 2.32. The molecule has 0 spiro atoms. The first-order valence-electron chi connectivity index (χ1n) is 8.02. The summed E-state index contributed by atoms with van der Waals surface area (Å²) in [5.74, 6) is 0.612. The first-order chi connectivity index (χ1) is 10.1. The molecule has 0 fully saturated rings. The third-order valence-electron chi connectivity index (χ3n) is 4.25. The smallest absolute Gasteiger partial charge is 0.410 e. The maximum Gasteiger partial charge on any atom is 0.413 e. The highest BCUT2D eigenvalue weighted by molar-refractivity contribution is 5.71. The van der Waals surface area contributed by atoms with Crippen LogP contribution >= 0.6 is 0 Å². The Morgan fingerprint density at radius 1 is 1.36 bits per heavy atom. The number of fused-ring (bicyclic) bond motifs is 1. The Balaban J connectivity index is 2.18. The molecule has 0 saturated heterocycles. The van der Waals surface area contributed by atoms with Crippen molar-refractivity contribution in [3.8, 4) is 5.75 Å². The SMILES string of the molecule is CCN1CCc2cc(OC(=O)NC(C)(C)C)ccc2C1(C)C. The Kier molecular flexibility index (Phi) is 4.52. The summed E-state index contributed by atoms with van der Waals surface area (Å²) in [6.45, 7) is 14.6. The minimum Gasteiger partial charge on any atom is -0.410 e. The van der Waals surface area contributed by atoms with Crippen LogP contribution in [-0.4, -0.2) is 29.6 Å². The van der Waals surface area contributed by atoms with Crippen molar-refractivity contribution in [2.24, 2.45) is 0 Å². The van der Waals surface area contributed by atoms with Crippen LogP contribution in [0.4, 0.5) is 4.79 Å². The fraction of sp³-hybridized carbons (Fsp3) is 0.611. The highest BCUT2D eigenvalue weighted by Gasteiger charge is 2.33. The van der Waals surface area contributed by atoms with Crippen LogP contribution in [0.2, 0.25) is 0 Å². The monoisotopic (exact) mass is 304 g/mol. The minimum atomic E-state index is -0.405. The Morgan fingerprint density at radius 2 is 2.05 bits per heavy atom. The lowest BCUT2D eigenvalue weighted by Crippen LogP contribution is -2.46. The van der Waals surface area contributed by atoms with E-state index in [1.54, 1.807) is 0 Å². The zero-order chi connectivity index (χ0) is 16.5. The van der Waals surface area contributed by atoms with Gasteiger partial charge in [-0.1, -0.05) is 13.0 Å². The van der Waals surface area contributed by atoms with Crippen LogP contribution in [-0.2, 0) is 12.0 Å². The predicted octanol–water partition coefficient (Wildman–Crippen LogP) is 3.69. The third-order valence-corrected chi connectivity index (χ3v) is 4.25. The molecule has 0 radical (unpaired) electrons. The number of amides is 1. The molecule has 0 unspecified atom stereocenters. The van der Waals surface area contributed by atoms with Crippen LogP contribution in [0.25, 0.3) is 0 Å². The van der Waals surface area contributed by atoms with Crippen LogP contribution in [0, 0.1) is 0 Å². The molecule has 4 heteroatoms. The molecule has 1 aromatic rings. The highest BCUT2D eigenvalue weighted by Crippen LogP contribution is 2.36. The van der Waals surface area contributed by atoms with Crippen molar-refractivity contribution >= 4 is 6.09 Å². The van der Waals surface area contributed by atoms with E-state index in [0.717, 1.165) is 19.5 Å². The average molecular weight is 304 g/mol. The van der Waals surface area contributed by atoms with Gasteiger partial charge in [-0.3, -0.25) is 4.90 Å². The van der Waals surface area contributed by atoms with Gasteiger partial charge < -0.3 is 10.1 Å². The van der Waals surface area contributed by atoms with Crippen LogP contribution in [0.5, 0.6) is 5.75 Å². The van der Waals surface area contributed by atoms with Crippen LogP contribution in [0.15, 0.2) is 18.2 Å². The highest BCUT2D eigenvalue weighted by atomic mass is 16.6. The molecule has 1 N–H and O–H groups in total. The van der Waals surface area contributed by atoms with Gasteiger partial charge in [0.25, 0.3) is 0 Å². The lowest BCUT2D eigenvalue weighted by molar-refractivity contribution is 0.114. The van der Waals surface area contributed by atoms with Gasteiger partial charge in [-0.15, -0.1) is 0 Å². The van der Waals surface area contributed by atoms with Crippen molar-refractivity contribution in [3.05, 3.63) is 29.3 Å². The molecular formula is C18H28N2O2. The number of rotatable bonds is 2. The summed E-state index contributed by atoms with van der Waals surface area (Å²) in [6, 6.07) is 5.99. The predicted molar refractivity (Wildman–Crippen MR) is 89.3 cm³/mol. The molecule has 1 aliphatic rings. The third kappa shape index (κ3) is 3.61.